The van der Waals surface area contributed by atoms with Crippen molar-refractivity contribution in [1.82, 2.24) is 0 Å². The lowest BCUT2D eigenvalue weighted by Crippen LogP contribution is -2.07. The number of anilines is 1. The molecular formula is C23H29NO3. The number of amides is 1. The van der Waals surface area contributed by atoms with Gasteiger partial charge in [-0.15, -0.1) is 0 Å². The van der Waals surface area contributed by atoms with Crippen LogP contribution in [0.15, 0.2) is 42.5 Å². The number of rotatable bonds is 9. The summed E-state index contributed by atoms with van der Waals surface area (Å²) in [6, 6.07) is 11.5. The second-order valence-corrected chi connectivity index (χ2v) is 6.59. The van der Waals surface area contributed by atoms with Gasteiger partial charge in [0.15, 0.2) is 11.5 Å². The molecule has 1 N–H and O–H groups in total. The highest BCUT2D eigenvalue weighted by Gasteiger charge is 2.05. The normalized spacial score (nSPS) is 10.8. The second kappa shape index (κ2) is 10.4. The van der Waals surface area contributed by atoms with Gasteiger partial charge in [-0.05, 0) is 67.3 Å². The highest BCUT2D eigenvalue weighted by atomic mass is 16.5. The molecule has 0 aromatic heterocycles. The topological polar surface area (TPSA) is 47.6 Å². The van der Waals surface area contributed by atoms with E-state index in [1.807, 2.05) is 50.2 Å². The van der Waals surface area contributed by atoms with E-state index in [0.717, 1.165) is 41.8 Å². The lowest BCUT2D eigenvalue weighted by Gasteiger charge is -2.11. The van der Waals surface area contributed by atoms with E-state index in [1.54, 1.807) is 13.2 Å². The van der Waals surface area contributed by atoms with Crippen molar-refractivity contribution in [3.8, 4) is 11.5 Å². The zero-order chi connectivity index (χ0) is 19.6. The van der Waals surface area contributed by atoms with Crippen LogP contribution in [0.3, 0.4) is 0 Å². The van der Waals surface area contributed by atoms with E-state index in [1.165, 1.54) is 11.6 Å². The molecule has 0 aliphatic carbocycles. The van der Waals surface area contributed by atoms with Crippen LogP contribution in [0.25, 0.3) is 6.08 Å². The van der Waals surface area contributed by atoms with Crippen molar-refractivity contribution in [2.75, 3.05) is 19.0 Å². The Morgan fingerprint density at radius 1 is 1.04 bits per heavy atom. The molecule has 0 saturated heterocycles. The first-order chi connectivity index (χ1) is 13.0. The third kappa shape index (κ3) is 6.48. The lowest BCUT2D eigenvalue weighted by atomic mass is 10.1. The molecule has 0 aliphatic rings. The first-order valence-corrected chi connectivity index (χ1v) is 9.40. The van der Waals surface area contributed by atoms with Crippen molar-refractivity contribution < 1.29 is 14.3 Å². The van der Waals surface area contributed by atoms with Crippen LogP contribution in [0, 0.1) is 13.8 Å². The molecule has 0 heterocycles. The first-order valence-electron chi connectivity index (χ1n) is 9.40. The fourth-order valence-electron chi connectivity index (χ4n) is 2.62. The van der Waals surface area contributed by atoms with Gasteiger partial charge < -0.3 is 14.8 Å². The number of ether oxygens (including phenoxy) is 2. The Labute approximate surface area is 162 Å². The maximum Gasteiger partial charge on any atom is 0.248 e. The molecule has 4 nitrogen and oxygen atoms in total. The van der Waals surface area contributed by atoms with Gasteiger partial charge in [-0.2, -0.15) is 0 Å². The monoisotopic (exact) mass is 367 g/mol. The summed E-state index contributed by atoms with van der Waals surface area (Å²) in [6.07, 6.45) is 6.62. The van der Waals surface area contributed by atoms with Gasteiger partial charge in [0.05, 0.1) is 13.7 Å². The molecule has 27 heavy (non-hydrogen) atoms. The van der Waals surface area contributed by atoms with Crippen LogP contribution in [0.2, 0.25) is 0 Å². The first kappa shape index (κ1) is 20.6. The van der Waals surface area contributed by atoms with Crippen LogP contribution < -0.4 is 14.8 Å². The summed E-state index contributed by atoms with van der Waals surface area (Å²) < 4.78 is 11.2. The number of aryl methyl sites for hydroxylation is 2. The Bertz CT molecular complexity index is 796. The summed E-state index contributed by atoms with van der Waals surface area (Å²) >= 11 is 0. The van der Waals surface area contributed by atoms with E-state index < -0.39 is 0 Å². The number of unbranched alkanes of at least 4 members (excludes halogenated alkanes) is 2. The van der Waals surface area contributed by atoms with Gasteiger partial charge in [0, 0.05) is 11.8 Å². The van der Waals surface area contributed by atoms with E-state index in [2.05, 4.69) is 12.2 Å². The maximum absolute atomic E-state index is 12.2. The Kier molecular flexibility index (Phi) is 7.93. The molecule has 0 saturated carbocycles. The number of hydrogen-bond acceptors (Lipinski definition) is 3. The highest BCUT2D eigenvalue weighted by molar-refractivity contribution is 6.02. The lowest BCUT2D eigenvalue weighted by molar-refractivity contribution is -0.111. The molecule has 0 atom stereocenters. The fraction of sp³-hybridized carbons (Fsp3) is 0.348. The Morgan fingerprint density at radius 2 is 1.85 bits per heavy atom. The smallest absolute Gasteiger partial charge is 0.248 e. The standard InChI is InChI=1S/C23H29NO3/c1-5-6-7-14-27-21-12-9-19(16-22(21)26-4)10-13-23(25)24-20-11-8-17(2)18(3)15-20/h8-13,15-16H,5-7,14H2,1-4H3,(H,24,25). The minimum atomic E-state index is -0.169. The molecule has 0 unspecified atom stereocenters. The van der Waals surface area contributed by atoms with E-state index >= 15 is 0 Å². The van der Waals surface area contributed by atoms with Crippen molar-refractivity contribution in [1.29, 1.82) is 0 Å². The number of carbonyl (C=O) groups is 1. The van der Waals surface area contributed by atoms with Crippen LogP contribution in [0.1, 0.15) is 42.9 Å². The van der Waals surface area contributed by atoms with Gasteiger partial charge in [0.25, 0.3) is 0 Å². The van der Waals surface area contributed by atoms with Crippen molar-refractivity contribution in [2.45, 2.75) is 40.0 Å². The number of hydrogen-bond donors (Lipinski definition) is 1. The predicted octanol–water partition coefficient (Wildman–Crippen LogP) is 5.53. The van der Waals surface area contributed by atoms with Gasteiger partial charge in [-0.1, -0.05) is 31.9 Å². The van der Waals surface area contributed by atoms with Crippen LogP contribution >= 0.6 is 0 Å². The molecule has 1 amide bonds. The zero-order valence-corrected chi connectivity index (χ0v) is 16.7. The largest absolute Gasteiger partial charge is 0.493 e. The van der Waals surface area contributed by atoms with Gasteiger partial charge in [-0.3, -0.25) is 4.79 Å². The Morgan fingerprint density at radius 3 is 2.56 bits per heavy atom. The zero-order valence-electron chi connectivity index (χ0n) is 16.7. The average Bonchev–Trinajstić information content (AvgIpc) is 2.67. The molecule has 144 valence electrons. The minimum absolute atomic E-state index is 0.169. The predicted molar refractivity (Wildman–Crippen MR) is 112 cm³/mol. The number of carbonyl (C=O) groups excluding carboxylic acids is 1. The van der Waals surface area contributed by atoms with Gasteiger partial charge in [0.1, 0.15) is 0 Å². The summed E-state index contributed by atoms with van der Waals surface area (Å²) in [5.41, 5.74) is 4.02. The quantitative estimate of drug-likeness (QED) is 0.468. The average molecular weight is 367 g/mol. The molecular weight excluding hydrogens is 338 g/mol. The van der Waals surface area contributed by atoms with Gasteiger partial charge in [0.2, 0.25) is 5.91 Å². The van der Waals surface area contributed by atoms with E-state index in [0.29, 0.717) is 12.4 Å². The van der Waals surface area contributed by atoms with Crippen molar-refractivity contribution in [2.24, 2.45) is 0 Å². The van der Waals surface area contributed by atoms with Crippen molar-refractivity contribution in [3.05, 3.63) is 59.2 Å². The van der Waals surface area contributed by atoms with E-state index in [4.69, 9.17) is 9.47 Å². The van der Waals surface area contributed by atoms with Crippen molar-refractivity contribution >= 4 is 17.7 Å². The molecule has 0 bridgehead atoms. The Hall–Kier alpha value is -2.75. The van der Waals surface area contributed by atoms with E-state index in [9.17, 15) is 4.79 Å². The van der Waals surface area contributed by atoms with Crippen LogP contribution in [0.4, 0.5) is 5.69 Å². The highest BCUT2D eigenvalue weighted by Crippen LogP contribution is 2.28. The SMILES string of the molecule is CCCCCOc1ccc(C=CC(=O)Nc2ccc(C)c(C)c2)cc1OC. The summed E-state index contributed by atoms with van der Waals surface area (Å²) in [5, 5.41) is 2.88. The summed E-state index contributed by atoms with van der Waals surface area (Å²) in [4.78, 5) is 12.2. The third-order valence-corrected chi connectivity index (χ3v) is 4.39. The van der Waals surface area contributed by atoms with Crippen molar-refractivity contribution in [3.63, 3.8) is 0 Å². The molecule has 0 radical (unpaired) electrons. The fourth-order valence-corrected chi connectivity index (χ4v) is 2.62. The Balaban J connectivity index is 1.98. The van der Waals surface area contributed by atoms with Crippen LogP contribution in [0.5, 0.6) is 11.5 Å². The molecule has 4 heteroatoms. The minimum Gasteiger partial charge on any atom is -0.493 e. The van der Waals surface area contributed by atoms with Crippen LogP contribution in [-0.2, 0) is 4.79 Å². The summed E-state index contributed by atoms with van der Waals surface area (Å²) in [7, 11) is 1.62. The number of methoxy groups -OCH3 is 1. The molecule has 0 fully saturated rings. The van der Waals surface area contributed by atoms with E-state index in [-0.39, 0.29) is 5.91 Å². The molecule has 0 aliphatic heterocycles. The summed E-state index contributed by atoms with van der Waals surface area (Å²) in [5.74, 6) is 1.23. The maximum atomic E-state index is 12.2. The molecule has 2 aromatic carbocycles. The third-order valence-electron chi connectivity index (χ3n) is 4.39. The van der Waals surface area contributed by atoms with Gasteiger partial charge in [-0.25, -0.2) is 0 Å². The number of nitrogens with one attached hydrogen (secondary N) is 1. The molecule has 2 rings (SSSR count). The van der Waals surface area contributed by atoms with Gasteiger partial charge >= 0.3 is 0 Å². The summed E-state index contributed by atoms with van der Waals surface area (Å²) in [6.45, 7) is 6.92. The second-order valence-electron chi connectivity index (χ2n) is 6.59. The van der Waals surface area contributed by atoms with Crippen LogP contribution in [-0.4, -0.2) is 19.6 Å². The molecule has 2 aromatic rings. The molecule has 0 spiro atoms. The number of benzene rings is 2.